The van der Waals surface area contributed by atoms with E-state index in [0.29, 0.717) is 10.6 Å². The van der Waals surface area contributed by atoms with Gasteiger partial charge >= 0.3 is 5.97 Å². The van der Waals surface area contributed by atoms with Crippen molar-refractivity contribution in [1.82, 2.24) is 19.7 Å². The van der Waals surface area contributed by atoms with E-state index in [-0.39, 0.29) is 17.3 Å². The summed E-state index contributed by atoms with van der Waals surface area (Å²) in [6.07, 6.45) is -1.52. The molecule has 3 rings (SSSR count). The van der Waals surface area contributed by atoms with Crippen LogP contribution in [0.3, 0.4) is 0 Å². The zero-order chi connectivity index (χ0) is 17.3. The van der Waals surface area contributed by atoms with Gasteiger partial charge in [-0.25, -0.2) is 28.2 Å². The number of carbonyl (C=O) groups is 1. The molecule has 0 bridgehead atoms. The van der Waals surface area contributed by atoms with Crippen molar-refractivity contribution in [3.05, 3.63) is 59.0 Å². The summed E-state index contributed by atoms with van der Waals surface area (Å²) in [7, 11) is 0. The van der Waals surface area contributed by atoms with Gasteiger partial charge in [0, 0.05) is 16.8 Å². The molecule has 0 spiro atoms. The molecule has 0 saturated carbocycles. The van der Waals surface area contributed by atoms with E-state index in [0.717, 1.165) is 4.68 Å². The fourth-order valence-corrected chi connectivity index (χ4v) is 2.11. The summed E-state index contributed by atoms with van der Waals surface area (Å²) in [4.78, 5) is 18.8. The molecule has 3 aromatic rings. The maximum atomic E-state index is 13.1. The molecular formula is C15H9ClF2N4O2. The molecule has 24 heavy (non-hydrogen) atoms. The molecule has 0 aliphatic heterocycles. The summed E-state index contributed by atoms with van der Waals surface area (Å²) in [5.41, 5.74) is 0.0846. The van der Waals surface area contributed by atoms with Crippen LogP contribution in [0.15, 0.2) is 42.6 Å². The minimum absolute atomic E-state index is 0.148. The van der Waals surface area contributed by atoms with Gasteiger partial charge in [0.05, 0.1) is 5.69 Å². The highest BCUT2D eigenvalue weighted by molar-refractivity contribution is 6.30. The Balaban J connectivity index is 2.11. The number of hydrogen-bond acceptors (Lipinski definition) is 4. The lowest BCUT2D eigenvalue weighted by Gasteiger charge is -2.08. The largest absolute Gasteiger partial charge is 0.476 e. The quantitative estimate of drug-likeness (QED) is 0.777. The van der Waals surface area contributed by atoms with Crippen molar-refractivity contribution in [1.29, 1.82) is 0 Å². The number of rotatable bonds is 4. The van der Waals surface area contributed by atoms with Crippen LogP contribution < -0.4 is 0 Å². The number of nitrogens with zero attached hydrogens (tertiary/aromatic N) is 4. The van der Waals surface area contributed by atoms with Gasteiger partial charge in [-0.2, -0.15) is 5.10 Å². The van der Waals surface area contributed by atoms with Crippen LogP contribution in [-0.4, -0.2) is 30.8 Å². The van der Waals surface area contributed by atoms with E-state index < -0.39 is 18.1 Å². The topological polar surface area (TPSA) is 80.9 Å². The van der Waals surface area contributed by atoms with Gasteiger partial charge in [-0.1, -0.05) is 23.7 Å². The van der Waals surface area contributed by atoms with E-state index in [4.69, 9.17) is 16.7 Å². The van der Waals surface area contributed by atoms with Crippen molar-refractivity contribution < 1.29 is 18.7 Å². The van der Waals surface area contributed by atoms with Crippen molar-refractivity contribution in [2.75, 3.05) is 0 Å². The smallest absolute Gasteiger partial charge is 0.356 e. The van der Waals surface area contributed by atoms with Crippen LogP contribution in [-0.2, 0) is 0 Å². The van der Waals surface area contributed by atoms with Crippen molar-refractivity contribution in [2.24, 2.45) is 0 Å². The monoisotopic (exact) mass is 350 g/mol. The van der Waals surface area contributed by atoms with E-state index in [9.17, 15) is 13.6 Å². The maximum absolute atomic E-state index is 13.1. The third-order valence-corrected chi connectivity index (χ3v) is 3.36. The molecule has 0 radical (unpaired) electrons. The molecule has 9 heteroatoms. The molecule has 6 nitrogen and oxygen atoms in total. The lowest BCUT2D eigenvalue weighted by atomic mass is 10.1. The van der Waals surface area contributed by atoms with Crippen molar-refractivity contribution in [2.45, 2.75) is 6.43 Å². The molecule has 0 aliphatic carbocycles. The molecule has 1 N–H and O–H groups in total. The molecule has 0 fully saturated rings. The summed E-state index contributed by atoms with van der Waals surface area (Å²) < 4.78 is 27.3. The van der Waals surface area contributed by atoms with E-state index in [1.54, 1.807) is 24.3 Å². The number of carboxylic acids is 1. The minimum Gasteiger partial charge on any atom is -0.476 e. The van der Waals surface area contributed by atoms with Gasteiger partial charge in [-0.15, -0.1) is 0 Å². The number of alkyl halides is 2. The number of halogens is 3. The van der Waals surface area contributed by atoms with Crippen LogP contribution in [0.2, 0.25) is 5.02 Å². The Hall–Kier alpha value is -2.87. The Morgan fingerprint density at radius 2 is 1.88 bits per heavy atom. The standard InChI is InChI=1S/C15H9ClF2N4O2/c16-9-3-1-8(2-4-9)11-7-12(13(17)18)20-15(19-11)22-6-5-10(21-22)14(23)24/h1-7,13H,(H,23,24). The molecule has 0 amide bonds. The Bertz CT molecular complexity index is 897. The van der Waals surface area contributed by atoms with E-state index in [1.807, 2.05) is 0 Å². The molecule has 0 saturated heterocycles. The van der Waals surface area contributed by atoms with E-state index >= 15 is 0 Å². The van der Waals surface area contributed by atoms with Crippen LogP contribution >= 0.6 is 11.6 Å². The lowest BCUT2D eigenvalue weighted by molar-refractivity contribution is 0.0690. The summed E-state index contributed by atoms with van der Waals surface area (Å²) in [6, 6.07) is 8.88. The van der Waals surface area contributed by atoms with E-state index in [2.05, 4.69) is 15.1 Å². The van der Waals surface area contributed by atoms with Crippen LogP contribution in [0.25, 0.3) is 17.2 Å². The predicted molar refractivity (Wildman–Crippen MR) is 81.5 cm³/mol. The highest BCUT2D eigenvalue weighted by Gasteiger charge is 2.16. The van der Waals surface area contributed by atoms with Gasteiger partial charge in [0.2, 0.25) is 0 Å². The van der Waals surface area contributed by atoms with Crippen molar-refractivity contribution in [3.63, 3.8) is 0 Å². The molecule has 0 unspecified atom stereocenters. The van der Waals surface area contributed by atoms with Gasteiger partial charge in [0.25, 0.3) is 12.4 Å². The third kappa shape index (κ3) is 3.23. The van der Waals surface area contributed by atoms with Crippen LogP contribution in [0, 0.1) is 0 Å². The second-order valence-electron chi connectivity index (χ2n) is 4.74. The Morgan fingerprint density at radius 3 is 2.46 bits per heavy atom. The fraction of sp³-hybridized carbons (Fsp3) is 0.0667. The average Bonchev–Trinajstić information content (AvgIpc) is 3.05. The first-order valence-electron chi connectivity index (χ1n) is 6.66. The molecule has 122 valence electrons. The molecule has 2 heterocycles. The first kappa shape index (κ1) is 16.0. The maximum Gasteiger partial charge on any atom is 0.356 e. The molecular weight excluding hydrogens is 342 g/mol. The van der Waals surface area contributed by atoms with Crippen LogP contribution in [0.4, 0.5) is 8.78 Å². The SMILES string of the molecule is O=C(O)c1ccn(-c2nc(-c3ccc(Cl)cc3)cc(C(F)F)n2)n1. The average molecular weight is 351 g/mol. The minimum atomic E-state index is -2.81. The van der Waals surface area contributed by atoms with Crippen molar-refractivity contribution >= 4 is 17.6 Å². The number of aromatic nitrogens is 4. The first-order valence-corrected chi connectivity index (χ1v) is 7.04. The Morgan fingerprint density at radius 1 is 1.17 bits per heavy atom. The molecule has 0 atom stereocenters. The normalized spacial score (nSPS) is 11.0. The highest BCUT2D eigenvalue weighted by atomic mass is 35.5. The lowest BCUT2D eigenvalue weighted by Crippen LogP contribution is -2.07. The fourth-order valence-electron chi connectivity index (χ4n) is 1.98. The Labute approximate surface area is 139 Å². The second kappa shape index (κ2) is 6.32. The number of hydrogen-bond donors (Lipinski definition) is 1. The number of aromatic carboxylic acids is 1. The van der Waals surface area contributed by atoms with E-state index in [1.165, 1.54) is 18.3 Å². The van der Waals surface area contributed by atoms with Crippen LogP contribution in [0.5, 0.6) is 0 Å². The predicted octanol–water partition coefficient (Wildman–Crippen LogP) is 3.62. The van der Waals surface area contributed by atoms with Gasteiger partial charge in [-0.3, -0.25) is 0 Å². The highest BCUT2D eigenvalue weighted by Crippen LogP contribution is 2.25. The third-order valence-electron chi connectivity index (χ3n) is 3.11. The van der Waals surface area contributed by atoms with Crippen LogP contribution in [0.1, 0.15) is 22.6 Å². The second-order valence-corrected chi connectivity index (χ2v) is 5.17. The first-order chi connectivity index (χ1) is 11.4. The summed E-state index contributed by atoms with van der Waals surface area (Å²) in [5, 5.41) is 13.2. The summed E-state index contributed by atoms with van der Waals surface area (Å²) in [6.45, 7) is 0. The number of benzene rings is 1. The van der Waals surface area contributed by atoms with Crippen molar-refractivity contribution in [3.8, 4) is 17.2 Å². The van der Waals surface area contributed by atoms with Gasteiger partial charge in [0.1, 0.15) is 5.69 Å². The zero-order valence-electron chi connectivity index (χ0n) is 11.9. The summed E-state index contributed by atoms with van der Waals surface area (Å²) >= 11 is 5.82. The number of carboxylic acid groups (broad SMARTS) is 1. The summed E-state index contributed by atoms with van der Waals surface area (Å²) in [5.74, 6) is -1.39. The molecule has 1 aromatic carbocycles. The van der Waals surface area contributed by atoms with Gasteiger partial charge < -0.3 is 5.11 Å². The Kier molecular flexibility index (Phi) is 4.22. The molecule has 0 aliphatic rings. The zero-order valence-corrected chi connectivity index (χ0v) is 12.7. The van der Waals surface area contributed by atoms with Gasteiger partial charge in [-0.05, 0) is 24.3 Å². The molecule has 2 aromatic heterocycles. The van der Waals surface area contributed by atoms with Gasteiger partial charge in [0.15, 0.2) is 5.69 Å².